The molecule has 2 aliphatic heterocycles. The number of ether oxygens (including phenoxy) is 2. The minimum atomic E-state index is -3.60. The molecule has 2 saturated heterocycles. The quantitative estimate of drug-likeness (QED) is 0.249. The van der Waals surface area contributed by atoms with Gasteiger partial charge in [0.25, 0.3) is 5.69 Å². The summed E-state index contributed by atoms with van der Waals surface area (Å²) in [5.74, 6) is 0.917. The second kappa shape index (κ2) is 13.2. The van der Waals surface area contributed by atoms with Crippen LogP contribution in [0.3, 0.4) is 0 Å². The lowest BCUT2D eigenvalue weighted by Crippen LogP contribution is -2.44. The Morgan fingerprint density at radius 2 is 1.66 bits per heavy atom. The second-order valence-electron chi connectivity index (χ2n) is 11.0. The van der Waals surface area contributed by atoms with Crippen LogP contribution in [0.25, 0.3) is 0 Å². The van der Waals surface area contributed by atoms with Crippen LogP contribution in [0.4, 0.5) is 40.2 Å². The maximum Gasteiger partial charge on any atom is 0.294 e. The Balaban J connectivity index is 1.53. The Hall–Kier alpha value is -4.21. The number of nitro groups is 1. The van der Waals surface area contributed by atoms with E-state index in [0.29, 0.717) is 73.7 Å². The van der Waals surface area contributed by atoms with Gasteiger partial charge in [-0.3, -0.25) is 10.1 Å². The molecule has 236 valence electrons. The number of aromatic nitrogens is 2. The molecule has 0 bridgehead atoms. The number of nitrogens with zero attached hydrogens (tertiary/aromatic N) is 6. The van der Waals surface area contributed by atoms with Crippen LogP contribution in [-0.4, -0.2) is 100 Å². The Morgan fingerprint density at radius 3 is 2.32 bits per heavy atom. The topological polar surface area (TPSA) is 155 Å². The SMILES string of the molecule is COc1cc(N2CCN(C)CC2)c([N+](=O)[O-])cc1Nc1ncc(N2CCOCC2)c(Nc2ccccc2S(=O)(=O)C(C)C)n1. The normalized spacial score (nSPS) is 16.2. The number of anilines is 6. The monoisotopic (exact) mass is 626 g/mol. The molecule has 3 heterocycles. The van der Waals surface area contributed by atoms with E-state index in [1.54, 1.807) is 50.4 Å². The summed E-state index contributed by atoms with van der Waals surface area (Å²) in [7, 11) is -0.0806. The molecule has 2 fully saturated rings. The van der Waals surface area contributed by atoms with E-state index >= 15 is 0 Å². The van der Waals surface area contributed by atoms with Crippen LogP contribution in [0.5, 0.6) is 5.75 Å². The van der Waals surface area contributed by atoms with E-state index in [9.17, 15) is 18.5 Å². The fourth-order valence-electron chi connectivity index (χ4n) is 5.15. The zero-order chi connectivity index (χ0) is 31.4. The van der Waals surface area contributed by atoms with Crippen LogP contribution < -0.4 is 25.2 Å². The maximum absolute atomic E-state index is 13.2. The number of likely N-dealkylation sites (N-methyl/N-ethyl adjacent to an activating group) is 1. The van der Waals surface area contributed by atoms with Crippen molar-refractivity contribution in [1.82, 2.24) is 14.9 Å². The van der Waals surface area contributed by atoms with E-state index in [-0.39, 0.29) is 16.5 Å². The number of piperazine rings is 1. The molecule has 2 N–H and O–H groups in total. The maximum atomic E-state index is 13.2. The first-order chi connectivity index (χ1) is 21.1. The molecule has 3 aromatic rings. The summed E-state index contributed by atoms with van der Waals surface area (Å²) < 4.78 is 37.5. The Bertz CT molecular complexity index is 1610. The Kier molecular flexibility index (Phi) is 9.36. The average molecular weight is 627 g/mol. The molecular formula is C29H38N8O6S. The summed E-state index contributed by atoms with van der Waals surface area (Å²) in [5, 5.41) is 17.9. The van der Waals surface area contributed by atoms with Gasteiger partial charge in [0.2, 0.25) is 5.95 Å². The number of sulfone groups is 1. The van der Waals surface area contributed by atoms with Crippen LogP contribution >= 0.6 is 0 Å². The van der Waals surface area contributed by atoms with Gasteiger partial charge in [0.05, 0.1) is 58.7 Å². The molecular weight excluding hydrogens is 588 g/mol. The van der Waals surface area contributed by atoms with Crippen molar-refractivity contribution in [2.45, 2.75) is 24.0 Å². The molecule has 0 saturated carbocycles. The summed E-state index contributed by atoms with van der Waals surface area (Å²) >= 11 is 0. The second-order valence-corrected chi connectivity index (χ2v) is 13.4. The van der Waals surface area contributed by atoms with E-state index in [4.69, 9.17) is 14.5 Å². The number of nitrogens with one attached hydrogen (secondary N) is 2. The van der Waals surface area contributed by atoms with Crippen molar-refractivity contribution in [3.8, 4) is 5.75 Å². The number of rotatable bonds is 10. The van der Waals surface area contributed by atoms with E-state index in [2.05, 4.69) is 25.4 Å². The van der Waals surface area contributed by atoms with Gasteiger partial charge in [0.15, 0.2) is 15.7 Å². The number of para-hydroxylation sites is 1. The standard InChI is InChI=1S/C29H38N8O6S/c1-20(2)44(40,41)27-8-6-5-7-21(27)31-28-25(36-13-15-43-16-14-36)19-30-29(33-28)32-22-17-24(37(38)39)23(18-26(22)42-4)35-11-9-34(3)10-12-35/h5-8,17-20H,9-16H2,1-4H3,(H2,30,31,32,33). The number of nitro benzene ring substituents is 1. The number of morpholine rings is 1. The molecule has 2 aliphatic rings. The first kappa shape index (κ1) is 31.2. The Labute approximate surface area is 257 Å². The first-order valence-corrected chi connectivity index (χ1v) is 16.0. The third-order valence-electron chi connectivity index (χ3n) is 7.77. The van der Waals surface area contributed by atoms with Crippen molar-refractivity contribution in [3.63, 3.8) is 0 Å². The number of hydrogen-bond donors (Lipinski definition) is 2. The van der Waals surface area contributed by atoms with E-state index in [1.807, 2.05) is 11.9 Å². The van der Waals surface area contributed by atoms with Gasteiger partial charge in [0.1, 0.15) is 11.4 Å². The van der Waals surface area contributed by atoms with Gasteiger partial charge in [-0.1, -0.05) is 12.1 Å². The van der Waals surface area contributed by atoms with E-state index in [0.717, 1.165) is 13.1 Å². The van der Waals surface area contributed by atoms with Crippen molar-refractivity contribution in [2.24, 2.45) is 0 Å². The predicted molar refractivity (Wildman–Crippen MR) is 170 cm³/mol. The van der Waals surface area contributed by atoms with Crippen molar-refractivity contribution < 1.29 is 22.8 Å². The number of methoxy groups -OCH3 is 1. The average Bonchev–Trinajstić information content (AvgIpc) is 3.02. The molecule has 14 nitrogen and oxygen atoms in total. The molecule has 5 rings (SSSR count). The molecule has 0 unspecified atom stereocenters. The lowest BCUT2D eigenvalue weighted by atomic mass is 10.1. The smallest absolute Gasteiger partial charge is 0.294 e. The van der Waals surface area contributed by atoms with Gasteiger partial charge >= 0.3 is 0 Å². The molecule has 0 amide bonds. The van der Waals surface area contributed by atoms with Gasteiger partial charge in [0, 0.05) is 51.4 Å². The van der Waals surface area contributed by atoms with Gasteiger partial charge in [-0.2, -0.15) is 4.98 Å². The molecule has 0 spiro atoms. The molecule has 0 radical (unpaired) electrons. The van der Waals surface area contributed by atoms with Crippen LogP contribution in [0, 0.1) is 10.1 Å². The lowest BCUT2D eigenvalue weighted by molar-refractivity contribution is -0.384. The van der Waals surface area contributed by atoms with Crippen molar-refractivity contribution >= 4 is 50.0 Å². The fraction of sp³-hybridized carbons (Fsp3) is 0.448. The molecule has 2 aromatic carbocycles. The highest BCUT2D eigenvalue weighted by atomic mass is 32.2. The largest absolute Gasteiger partial charge is 0.494 e. The molecule has 44 heavy (non-hydrogen) atoms. The van der Waals surface area contributed by atoms with Gasteiger partial charge in [-0.15, -0.1) is 0 Å². The summed E-state index contributed by atoms with van der Waals surface area (Å²) in [5.41, 5.74) is 1.79. The molecule has 0 aliphatic carbocycles. The van der Waals surface area contributed by atoms with Crippen LogP contribution in [-0.2, 0) is 14.6 Å². The van der Waals surface area contributed by atoms with Crippen LogP contribution in [0.15, 0.2) is 47.5 Å². The highest BCUT2D eigenvalue weighted by Crippen LogP contribution is 2.40. The van der Waals surface area contributed by atoms with E-state index in [1.165, 1.54) is 13.2 Å². The summed E-state index contributed by atoms with van der Waals surface area (Å²) in [4.78, 5) is 27.4. The zero-order valence-corrected chi connectivity index (χ0v) is 26.1. The van der Waals surface area contributed by atoms with Crippen LogP contribution in [0.1, 0.15) is 13.8 Å². The predicted octanol–water partition coefficient (Wildman–Crippen LogP) is 3.65. The van der Waals surface area contributed by atoms with Gasteiger partial charge in [-0.05, 0) is 33.0 Å². The third-order valence-corrected chi connectivity index (χ3v) is 9.98. The summed E-state index contributed by atoms with van der Waals surface area (Å²) in [6, 6.07) is 9.79. The van der Waals surface area contributed by atoms with E-state index < -0.39 is 20.0 Å². The first-order valence-electron chi connectivity index (χ1n) is 14.4. The van der Waals surface area contributed by atoms with Crippen molar-refractivity contribution in [2.75, 3.05) is 87.1 Å². The lowest BCUT2D eigenvalue weighted by Gasteiger charge is -2.34. The minimum absolute atomic E-state index is 0.0612. The fourth-order valence-corrected chi connectivity index (χ4v) is 6.36. The van der Waals surface area contributed by atoms with Crippen molar-refractivity contribution in [3.05, 3.63) is 52.7 Å². The van der Waals surface area contributed by atoms with Gasteiger partial charge < -0.3 is 34.8 Å². The highest BCUT2D eigenvalue weighted by Gasteiger charge is 2.27. The molecule has 15 heteroatoms. The zero-order valence-electron chi connectivity index (χ0n) is 25.3. The number of hydrogen-bond acceptors (Lipinski definition) is 13. The van der Waals surface area contributed by atoms with Crippen LogP contribution in [0.2, 0.25) is 0 Å². The highest BCUT2D eigenvalue weighted by molar-refractivity contribution is 7.92. The summed E-state index contributed by atoms with van der Waals surface area (Å²) in [6.45, 7) is 8.43. The molecule has 1 aromatic heterocycles. The Morgan fingerprint density at radius 1 is 0.977 bits per heavy atom. The summed E-state index contributed by atoms with van der Waals surface area (Å²) in [6.07, 6.45) is 1.64. The number of benzene rings is 2. The minimum Gasteiger partial charge on any atom is -0.494 e. The van der Waals surface area contributed by atoms with Crippen molar-refractivity contribution in [1.29, 1.82) is 0 Å². The third kappa shape index (κ3) is 6.64. The molecule has 0 atom stereocenters. The van der Waals surface area contributed by atoms with Gasteiger partial charge in [-0.25, -0.2) is 13.4 Å².